The van der Waals surface area contributed by atoms with Gasteiger partial charge in [-0.1, -0.05) is 30.7 Å². The van der Waals surface area contributed by atoms with Crippen LogP contribution in [0.1, 0.15) is 13.8 Å². The number of rotatable bonds is 5. The van der Waals surface area contributed by atoms with E-state index >= 15 is 0 Å². The van der Waals surface area contributed by atoms with Crippen molar-refractivity contribution >= 4 is 23.3 Å². The Hall–Kier alpha value is -2.05. The van der Waals surface area contributed by atoms with Crippen LogP contribution < -0.4 is 10.6 Å². The lowest BCUT2D eigenvalue weighted by molar-refractivity contribution is 0.204. The molecule has 0 aliphatic rings. The van der Waals surface area contributed by atoms with Crippen molar-refractivity contribution < 1.29 is 9.90 Å². The third kappa shape index (κ3) is 3.99. The molecule has 0 unspecified atom stereocenters. The summed E-state index contributed by atoms with van der Waals surface area (Å²) in [4.78, 5) is 11.9. The Bertz CT molecular complexity index is 644. The molecule has 7 heteroatoms. The van der Waals surface area contributed by atoms with Gasteiger partial charge in [0.1, 0.15) is 0 Å². The van der Waals surface area contributed by atoms with Crippen molar-refractivity contribution in [2.45, 2.75) is 19.9 Å². The zero-order chi connectivity index (χ0) is 16.1. The molecule has 0 radical (unpaired) electrons. The maximum atomic E-state index is 11.9. The molecule has 2 amide bonds. The predicted molar refractivity (Wildman–Crippen MR) is 86.4 cm³/mol. The number of anilines is 1. The van der Waals surface area contributed by atoms with Crippen molar-refractivity contribution in [2.24, 2.45) is 5.92 Å². The maximum absolute atomic E-state index is 11.9. The number of urea groups is 1. The van der Waals surface area contributed by atoms with Crippen molar-refractivity contribution in [3.63, 3.8) is 0 Å². The molecule has 6 nitrogen and oxygen atoms in total. The molecule has 0 saturated heterocycles. The van der Waals surface area contributed by atoms with Crippen molar-refractivity contribution in [1.29, 1.82) is 0 Å². The average molecular weight is 323 g/mol. The first-order chi connectivity index (χ1) is 10.5. The van der Waals surface area contributed by atoms with Gasteiger partial charge in [-0.25, -0.2) is 9.48 Å². The standard InChI is InChI=1S/C15H19ClN4O2/c1-10(9-21)11(2)18-15(22)19-12-7-17-20(8-12)14-6-4-3-5-13(14)16/h3-8,10-11,21H,9H2,1-2H3,(H2,18,19,22)/t10-,11-/m0/s1. The van der Waals surface area contributed by atoms with Gasteiger partial charge in [-0.3, -0.25) is 0 Å². The minimum Gasteiger partial charge on any atom is -0.396 e. The predicted octanol–water partition coefficient (Wildman–Crippen LogP) is 2.66. The minimum absolute atomic E-state index is 0.0170. The fraction of sp³-hybridized carbons (Fsp3) is 0.333. The van der Waals surface area contributed by atoms with E-state index in [9.17, 15) is 4.79 Å². The molecular formula is C15H19ClN4O2. The van der Waals surface area contributed by atoms with Gasteiger partial charge in [0.2, 0.25) is 0 Å². The minimum atomic E-state index is -0.341. The number of nitrogens with one attached hydrogen (secondary N) is 2. The van der Waals surface area contributed by atoms with Crippen molar-refractivity contribution in [3.8, 4) is 5.69 Å². The molecule has 2 aromatic rings. The summed E-state index contributed by atoms with van der Waals surface area (Å²) >= 11 is 6.11. The first-order valence-corrected chi connectivity index (χ1v) is 7.37. The number of benzene rings is 1. The SMILES string of the molecule is C[C@H](NC(=O)Nc1cnn(-c2ccccc2Cl)c1)[C@@H](C)CO. The first kappa shape index (κ1) is 16.3. The molecule has 0 aliphatic heterocycles. The Kier molecular flexibility index (Phi) is 5.41. The largest absolute Gasteiger partial charge is 0.396 e. The molecular weight excluding hydrogens is 304 g/mol. The van der Waals surface area contributed by atoms with Gasteiger partial charge in [0.05, 0.1) is 28.8 Å². The van der Waals surface area contributed by atoms with Gasteiger partial charge in [-0.05, 0) is 25.0 Å². The Morgan fingerprint density at radius 1 is 1.41 bits per heavy atom. The number of nitrogens with zero attached hydrogens (tertiary/aromatic N) is 2. The summed E-state index contributed by atoms with van der Waals surface area (Å²) in [5, 5.41) is 19.3. The van der Waals surface area contributed by atoms with Gasteiger partial charge in [0.25, 0.3) is 0 Å². The number of para-hydroxylation sites is 1. The number of amides is 2. The van der Waals surface area contributed by atoms with E-state index in [-0.39, 0.29) is 24.6 Å². The molecule has 0 saturated carbocycles. The fourth-order valence-electron chi connectivity index (χ4n) is 1.83. The highest BCUT2D eigenvalue weighted by Crippen LogP contribution is 2.20. The quantitative estimate of drug-likeness (QED) is 0.791. The van der Waals surface area contributed by atoms with E-state index in [4.69, 9.17) is 16.7 Å². The number of aliphatic hydroxyl groups is 1. The Labute approximate surface area is 134 Å². The second-order valence-corrected chi connectivity index (χ2v) is 5.58. The highest BCUT2D eigenvalue weighted by molar-refractivity contribution is 6.32. The van der Waals surface area contributed by atoms with Crippen LogP contribution in [0.3, 0.4) is 0 Å². The van der Waals surface area contributed by atoms with Crippen molar-refractivity contribution in [3.05, 3.63) is 41.7 Å². The lowest BCUT2D eigenvalue weighted by Gasteiger charge is -2.19. The first-order valence-electron chi connectivity index (χ1n) is 6.99. The zero-order valence-electron chi connectivity index (χ0n) is 12.5. The number of carbonyl (C=O) groups is 1. The molecule has 1 heterocycles. The third-order valence-electron chi connectivity index (χ3n) is 3.44. The zero-order valence-corrected chi connectivity index (χ0v) is 13.2. The summed E-state index contributed by atoms with van der Waals surface area (Å²) in [5.41, 5.74) is 1.29. The van der Waals surface area contributed by atoms with Crippen LogP contribution in [0.25, 0.3) is 5.69 Å². The van der Waals surface area contributed by atoms with Crippen LogP contribution in [0.2, 0.25) is 5.02 Å². The topological polar surface area (TPSA) is 79.2 Å². The summed E-state index contributed by atoms with van der Waals surface area (Å²) in [6, 6.07) is 6.84. The highest BCUT2D eigenvalue weighted by atomic mass is 35.5. The average Bonchev–Trinajstić information content (AvgIpc) is 2.94. The lowest BCUT2D eigenvalue weighted by atomic mass is 10.1. The van der Waals surface area contributed by atoms with E-state index in [1.807, 2.05) is 32.0 Å². The van der Waals surface area contributed by atoms with E-state index in [0.717, 1.165) is 5.69 Å². The Morgan fingerprint density at radius 2 is 2.14 bits per heavy atom. The number of aliphatic hydroxyl groups excluding tert-OH is 1. The van der Waals surface area contributed by atoms with E-state index in [2.05, 4.69) is 15.7 Å². The number of carbonyl (C=O) groups excluding carboxylic acids is 1. The van der Waals surface area contributed by atoms with Crippen LogP contribution in [0, 0.1) is 5.92 Å². The molecule has 0 spiro atoms. The van der Waals surface area contributed by atoms with E-state index in [1.54, 1.807) is 23.1 Å². The lowest BCUT2D eigenvalue weighted by Crippen LogP contribution is -2.40. The molecule has 2 atom stereocenters. The number of aromatic nitrogens is 2. The maximum Gasteiger partial charge on any atom is 0.319 e. The Balaban J connectivity index is 2.01. The smallest absolute Gasteiger partial charge is 0.319 e. The van der Waals surface area contributed by atoms with Crippen LogP contribution >= 0.6 is 11.6 Å². The van der Waals surface area contributed by atoms with Crippen LogP contribution in [-0.4, -0.2) is 33.6 Å². The second kappa shape index (κ2) is 7.29. The van der Waals surface area contributed by atoms with Crippen LogP contribution in [-0.2, 0) is 0 Å². The van der Waals surface area contributed by atoms with Crippen LogP contribution in [0.4, 0.5) is 10.5 Å². The van der Waals surface area contributed by atoms with E-state index in [0.29, 0.717) is 10.7 Å². The monoisotopic (exact) mass is 322 g/mol. The number of hydrogen-bond acceptors (Lipinski definition) is 3. The van der Waals surface area contributed by atoms with Gasteiger partial charge in [-0.15, -0.1) is 0 Å². The molecule has 118 valence electrons. The molecule has 1 aromatic heterocycles. The molecule has 2 rings (SSSR count). The van der Waals surface area contributed by atoms with Gasteiger partial charge in [-0.2, -0.15) is 5.10 Å². The van der Waals surface area contributed by atoms with Gasteiger partial charge in [0, 0.05) is 12.6 Å². The van der Waals surface area contributed by atoms with Gasteiger partial charge >= 0.3 is 6.03 Å². The molecule has 0 aliphatic carbocycles. The molecule has 3 N–H and O–H groups in total. The highest BCUT2D eigenvalue weighted by Gasteiger charge is 2.14. The van der Waals surface area contributed by atoms with Gasteiger partial charge in [0.15, 0.2) is 0 Å². The van der Waals surface area contributed by atoms with E-state index in [1.165, 1.54) is 0 Å². The van der Waals surface area contributed by atoms with Crippen LogP contribution in [0.5, 0.6) is 0 Å². The molecule has 1 aromatic carbocycles. The third-order valence-corrected chi connectivity index (χ3v) is 3.76. The molecule has 0 fully saturated rings. The summed E-state index contributed by atoms with van der Waals surface area (Å²) in [6.07, 6.45) is 3.23. The van der Waals surface area contributed by atoms with Crippen LogP contribution in [0.15, 0.2) is 36.7 Å². The van der Waals surface area contributed by atoms with Crippen molar-refractivity contribution in [2.75, 3.05) is 11.9 Å². The summed E-state index contributed by atoms with van der Waals surface area (Å²) < 4.78 is 1.59. The number of hydrogen-bond donors (Lipinski definition) is 3. The van der Waals surface area contributed by atoms with Gasteiger partial charge < -0.3 is 15.7 Å². The number of halogens is 1. The van der Waals surface area contributed by atoms with Crippen molar-refractivity contribution in [1.82, 2.24) is 15.1 Å². The molecule has 22 heavy (non-hydrogen) atoms. The summed E-state index contributed by atoms with van der Waals surface area (Å²) in [7, 11) is 0. The fourth-order valence-corrected chi connectivity index (χ4v) is 2.05. The summed E-state index contributed by atoms with van der Waals surface area (Å²) in [6.45, 7) is 3.72. The second-order valence-electron chi connectivity index (χ2n) is 5.17. The van der Waals surface area contributed by atoms with E-state index < -0.39 is 0 Å². The Morgan fingerprint density at radius 3 is 2.82 bits per heavy atom. The normalized spacial score (nSPS) is 13.5. The molecule has 0 bridgehead atoms. The summed E-state index contributed by atoms with van der Waals surface area (Å²) in [5.74, 6) is -0.0170.